The SMILES string of the molecule is BrCC1CC12CCC(NCc1ccccc1)CC2. The molecule has 2 aliphatic carbocycles. The van der Waals surface area contributed by atoms with Crippen LogP contribution in [-0.4, -0.2) is 11.4 Å². The first-order valence-electron chi connectivity index (χ1n) is 7.16. The van der Waals surface area contributed by atoms with E-state index in [1.54, 1.807) is 0 Å². The van der Waals surface area contributed by atoms with Gasteiger partial charge in [-0.2, -0.15) is 0 Å². The standard InChI is InChI=1S/C16H22BrN/c17-11-14-10-16(14)8-6-15(7-9-16)18-12-13-4-2-1-3-5-13/h1-5,14-15,18H,6-12H2. The molecule has 1 aromatic carbocycles. The highest BCUT2D eigenvalue weighted by Crippen LogP contribution is 2.61. The van der Waals surface area contributed by atoms with Crippen molar-refractivity contribution < 1.29 is 0 Å². The molecular formula is C16H22BrN. The lowest BCUT2D eigenvalue weighted by Gasteiger charge is -2.30. The van der Waals surface area contributed by atoms with Gasteiger partial charge in [0.05, 0.1) is 0 Å². The number of alkyl halides is 1. The van der Waals surface area contributed by atoms with Crippen LogP contribution in [0.3, 0.4) is 0 Å². The minimum absolute atomic E-state index is 0.743. The fourth-order valence-electron chi connectivity index (χ4n) is 3.52. The van der Waals surface area contributed by atoms with Crippen LogP contribution in [0.5, 0.6) is 0 Å². The molecule has 18 heavy (non-hydrogen) atoms. The lowest BCUT2D eigenvalue weighted by Crippen LogP contribution is -2.33. The zero-order valence-electron chi connectivity index (χ0n) is 10.9. The molecule has 98 valence electrons. The van der Waals surface area contributed by atoms with Gasteiger partial charge < -0.3 is 5.32 Å². The highest BCUT2D eigenvalue weighted by molar-refractivity contribution is 9.09. The first-order chi connectivity index (χ1) is 8.82. The number of halogens is 1. The van der Waals surface area contributed by atoms with Crippen LogP contribution in [0.2, 0.25) is 0 Å². The molecule has 0 heterocycles. The summed E-state index contributed by atoms with van der Waals surface area (Å²) in [5.74, 6) is 0.979. The van der Waals surface area contributed by atoms with Crippen LogP contribution in [0, 0.1) is 11.3 Å². The van der Waals surface area contributed by atoms with Gasteiger partial charge in [-0.3, -0.25) is 0 Å². The van der Waals surface area contributed by atoms with E-state index in [9.17, 15) is 0 Å². The van der Waals surface area contributed by atoms with Crippen LogP contribution in [-0.2, 0) is 6.54 Å². The Morgan fingerprint density at radius 3 is 2.50 bits per heavy atom. The minimum atomic E-state index is 0.743. The van der Waals surface area contributed by atoms with Crippen molar-refractivity contribution in [1.29, 1.82) is 0 Å². The Kier molecular flexibility index (Phi) is 3.76. The second kappa shape index (κ2) is 5.34. The molecule has 1 aromatic rings. The van der Waals surface area contributed by atoms with Gasteiger partial charge in [0.15, 0.2) is 0 Å². The molecule has 2 fully saturated rings. The van der Waals surface area contributed by atoms with Crippen LogP contribution in [0.1, 0.15) is 37.7 Å². The van der Waals surface area contributed by atoms with Crippen molar-refractivity contribution in [3.8, 4) is 0 Å². The number of hydrogen-bond donors (Lipinski definition) is 1. The molecular weight excluding hydrogens is 286 g/mol. The number of nitrogens with one attached hydrogen (secondary N) is 1. The van der Waals surface area contributed by atoms with Crippen LogP contribution in [0.25, 0.3) is 0 Å². The minimum Gasteiger partial charge on any atom is -0.310 e. The average molecular weight is 308 g/mol. The van der Waals surface area contributed by atoms with Gasteiger partial charge in [-0.25, -0.2) is 0 Å². The van der Waals surface area contributed by atoms with Crippen molar-refractivity contribution in [2.24, 2.45) is 11.3 Å². The van der Waals surface area contributed by atoms with E-state index in [-0.39, 0.29) is 0 Å². The van der Waals surface area contributed by atoms with Crippen LogP contribution in [0.15, 0.2) is 30.3 Å². The molecule has 2 aliphatic rings. The molecule has 0 radical (unpaired) electrons. The van der Waals surface area contributed by atoms with Crippen molar-refractivity contribution in [1.82, 2.24) is 5.32 Å². The molecule has 1 unspecified atom stereocenters. The fourth-order valence-corrected chi connectivity index (χ4v) is 4.43. The van der Waals surface area contributed by atoms with E-state index in [1.165, 1.54) is 43.0 Å². The maximum absolute atomic E-state index is 3.72. The van der Waals surface area contributed by atoms with Crippen molar-refractivity contribution in [2.45, 2.75) is 44.7 Å². The first-order valence-corrected chi connectivity index (χ1v) is 8.28. The van der Waals surface area contributed by atoms with Gasteiger partial charge in [-0.05, 0) is 49.0 Å². The van der Waals surface area contributed by atoms with Crippen LogP contribution in [0.4, 0.5) is 0 Å². The van der Waals surface area contributed by atoms with Crippen molar-refractivity contribution in [3.63, 3.8) is 0 Å². The lowest BCUT2D eigenvalue weighted by atomic mass is 9.82. The predicted molar refractivity (Wildman–Crippen MR) is 79.9 cm³/mol. The second-order valence-electron chi connectivity index (χ2n) is 6.06. The quantitative estimate of drug-likeness (QED) is 0.825. The van der Waals surface area contributed by atoms with E-state index in [0.29, 0.717) is 0 Å². The monoisotopic (exact) mass is 307 g/mol. The van der Waals surface area contributed by atoms with Gasteiger partial charge in [-0.1, -0.05) is 46.3 Å². The highest BCUT2D eigenvalue weighted by atomic mass is 79.9. The largest absolute Gasteiger partial charge is 0.310 e. The Morgan fingerprint density at radius 1 is 1.17 bits per heavy atom. The molecule has 2 heteroatoms. The third-order valence-electron chi connectivity index (χ3n) is 4.96. The maximum Gasteiger partial charge on any atom is 0.0208 e. The van der Waals surface area contributed by atoms with Crippen molar-refractivity contribution >= 4 is 15.9 Å². The number of hydrogen-bond acceptors (Lipinski definition) is 1. The molecule has 1 spiro atoms. The molecule has 0 aromatic heterocycles. The molecule has 1 nitrogen and oxygen atoms in total. The summed E-state index contributed by atoms with van der Waals surface area (Å²) in [7, 11) is 0. The summed E-state index contributed by atoms with van der Waals surface area (Å²) in [4.78, 5) is 0. The molecule has 0 amide bonds. The van der Waals surface area contributed by atoms with E-state index in [1.807, 2.05) is 0 Å². The van der Waals surface area contributed by atoms with Crippen LogP contribution >= 0.6 is 15.9 Å². The van der Waals surface area contributed by atoms with Crippen LogP contribution < -0.4 is 5.32 Å². The summed E-state index contributed by atoms with van der Waals surface area (Å²) < 4.78 is 0. The van der Waals surface area contributed by atoms with Gasteiger partial charge >= 0.3 is 0 Å². The topological polar surface area (TPSA) is 12.0 Å². The number of benzene rings is 1. The highest BCUT2D eigenvalue weighted by Gasteiger charge is 2.53. The Labute approximate surface area is 118 Å². The number of rotatable bonds is 4. The summed E-state index contributed by atoms with van der Waals surface area (Å²) in [5, 5.41) is 4.94. The zero-order chi connectivity index (χ0) is 12.4. The van der Waals surface area contributed by atoms with E-state index in [0.717, 1.165) is 23.9 Å². The van der Waals surface area contributed by atoms with Gasteiger partial charge in [0, 0.05) is 17.9 Å². The summed E-state index contributed by atoms with van der Waals surface area (Å²) in [5.41, 5.74) is 2.15. The molecule has 2 saturated carbocycles. The maximum atomic E-state index is 3.72. The van der Waals surface area contributed by atoms with E-state index in [4.69, 9.17) is 0 Å². The molecule has 1 N–H and O–H groups in total. The molecule has 0 aliphatic heterocycles. The van der Waals surface area contributed by atoms with Crippen molar-refractivity contribution in [3.05, 3.63) is 35.9 Å². The van der Waals surface area contributed by atoms with E-state index >= 15 is 0 Å². The average Bonchev–Trinajstić information content (AvgIpc) is 3.12. The van der Waals surface area contributed by atoms with Gasteiger partial charge in [-0.15, -0.1) is 0 Å². The summed E-state index contributed by atoms with van der Waals surface area (Å²) in [6.45, 7) is 1.03. The molecule has 1 atom stereocenters. The first kappa shape index (κ1) is 12.7. The Balaban J connectivity index is 1.44. The molecule has 3 rings (SSSR count). The second-order valence-corrected chi connectivity index (χ2v) is 6.71. The third-order valence-corrected chi connectivity index (χ3v) is 5.75. The zero-order valence-corrected chi connectivity index (χ0v) is 12.5. The van der Waals surface area contributed by atoms with E-state index in [2.05, 4.69) is 51.6 Å². The Morgan fingerprint density at radius 2 is 1.89 bits per heavy atom. The summed E-state index contributed by atoms with van der Waals surface area (Å²) in [6, 6.07) is 11.5. The molecule has 0 bridgehead atoms. The van der Waals surface area contributed by atoms with Gasteiger partial charge in [0.1, 0.15) is 0 Å². The van der Waals surface area contributed by atoms with Gasteiger partial charge in [0.25, 0.3) is 0 Å². The smallest absolute Gasteiger partial charge is 0.0208 e. The Bertz CT molecular complexity index is 381. The third kappa shape index (κ3) is 2.65. The molecule has 0 saturated heterocycles. The van der Waals surface area contributed by atoms with Gasteiger partial charge in [0.2, 0.25) is 0 Å². The lowest BCUT2D eigenvalue weighted by molar-refractivity contribution is 0.259. The summed E-state index contributed by atoms with van der Waals surface area (Å²) in [6.07, 6.45) is 7.10. The Hall–Kier alpha value is -0.340. The fraction of sp³-hybridized carbons (Fsp3) is 0.625. The van der Waals surface area contributed by atoms with Crippen molar-refractivity contribution in [2.75, 3.05) is 5.33 Å². The normalized spacial score (nSPS) is 34.7. The predicted octanol–water partition coefficient (Wildman–Crippen LogP) is 4.12. The van der Waals surface area contributed by atoms with E-state index < -0.39 is 0 Å². The summed E-state index contributed by atoms with van der Waals surface area (Å²) >= 11 is 3.65.